The van der Waals surface area contributed by atoms with Gasteiger partial charge < -0.3 is 9.88 Å². The molecule has 5 heteroatoms. The molecule has 0 aromatic heterocycles. The summed E-state index contributed by atoms with van der Waals surface area (Å²) in [5, 5.41) is 5.11. The molecule has 0 radical (unpaired) electrons. The van der Waals surface area contributed by atoms with Crippen molar-refractivity contribution >= 4 is 34.0 Å². The summed E-state index contributed by atoms with van der Waals surface area (Å²) in [7, 11) is 0. The van der Waals surface area contributed by atoms with Crippen LogP contribution in [0.4, 0.5) is 11.4 Å². The Kier molecular flexibility index (Phi) is 5.61. The van der Waals surface area contributed by atoms with Crippen LogP contribution in [-0.2, 0) is 0 Å². The molecule has 33 heavy (non-hydrogen) atoms. The maximum atomic E-state index is 6.07. The fraction of sp³-hybridized carbons (Fsp3) is 0.143. The minimum Gasteiger partial charge on any atom is -0.354 e. The summed E-state index contributed by atoms with van der Waals surface area (Å²) in [5.74, 6) is 0. The zero-order valence-electron chi connectivity index (χ0n) is 18.9. The van der Waals surface area contributed by atoms with Crippen molar-refractivity contribution in [3.8, 4) is 17.1 Å². The summed E-state index contributed by atoms with van der Waals surface area (Å²) < 4.78 is 2.27. The van der Waals surface area contributed by atoms with Crippen LogP contribution in [0.25, 0.3) is 28.1 Å². The van der Waals surface area contributed by atoms with Crippen LogP contribution in [0.2, 0.25) is 5.02 Å². The summed E-state index contributed by atoms with van der Waals surface area (Å²) >= 11 is 6.07. The molecule has 0 unspecified atom stereocenters. The number of rotatable bonds is 4. The summed E-state index contributed by atoms with van der Waals surface area (Å²) in [6, 6.07) is 28.9. The number of fused-ring (bicyclic) bond motifs is 2. The lowest BCUT2D eigenvalue weighted by Crippen LogP contribution is -2.16. The third-order valence-corrected chi connectivity index (χ3v) is 5.76. The number of hydrogen-bond donors (Lipinski definition) is 1. The third-order valence-electron chi connectivity index (χ3n) is 5.51. The van der Waals surface area contributed by atoms with Crippen LogP contribution < -0.4 is 10.7 Å². The molecule has 3 aromatic rings. The van der Waals surface area contributed by atoms with Gasteiger partial charge in [-0.3, -0.25) is 4.99 Å². The van der Waals surface area contributed by atoms with E-state index in [2.05, 4.69) is 85.3 Å². The molecule has 164 valence electrons. The Morgan fingerprint density at radius 2 is 1.64 bits per heavy atom. The highest BCUT2D eigenvalue weighted by Crippen LogP contribution is 2.30. The molecule has 0 saturated carbocycles. The zero-order chi connectivity index (χ0) is 22.9. The second-order valence-corrected chi connectivity index (χ2v) is 8.92. The minimum atomic E-state index is 0.148. The van der Waals surface area contributed by atoms with Gasteiger partial charge in [0.1, 0.15) is 0 Å². The van der Waals surface area contributed by atoms with E-state index < -0.39 is 0 Å². The number of hydrogen-bond acceptors (Lipinski definition) is 3. The van der Waals surface area contributed by atoms with Gasteiger partial charge in [-0.2, -0.15) is 0 Å². The number of nitrogens with one attached hydrogen (secondary N) is 1. The lowest BCUT2D eigenvalue weighted by atomic mass is 10.1. The molecule has 3 aromatic carbocycles. The smallest absolute Gasteiger partial charge is 0.0900 e. The minimum absolute atomic E-state index is 0.148. The largest absolute Gasteiger partial charge is 0.354 e. The second-order valence-electron chi connectivity index (χ2n) is 8.48. The molecule has 4 nitrogen and oxygen atoms in total. The number of nitrogens with zero attached hydrogens (tertiary/aromatic N) is 3. The van der Waals surface area contributed by atoms with Crippen molar-refractivity contribution in [3.05, 3.63) is 101 Å². The standard InChI is InChI=1S/C28H25ClN4/c1-18(2)30-25-17-28-26(16-24(25)31-21-12-10-20(29)11-13-21)32-23-6-4-5-7-27(23)33(28)22-14-8-19(3)9-15-22/h4-18,31H,1-3H3. The molecule has 0 amide bonds. The van der Waals surface area contributed by atoms with E-state index in [9.17, 15) is 0 Å². The molecule has 0 saturated heterocycles. The highest BCUT2D eigenvalue weighted by molar-refractivity contribution is 6.30. The maximum absolute atomic E-state index is 6.07. The Balaban J connectivity index is 1.80. The number of aryl methyl sites for hydroxylation is 1. The Bertz CT molecular complexity index is 1470. The van der Waals surface area contributed by atoms with Crippen LogP contribution in [0, 0.1) is 6.92 Å². The normalized spacial score (nSPS) is 12.1. The van der Waals surface area contributed by atoms with E-state index in [4.69, 9.17) is 21.6 Å². The number of aromatic nitrogens is 2. The Hall–Kier alpha value is -3.63. The van der Waals surface area contributed by atoms with Gasteiger partial charge in [0.05, 0.1) is 33.5 Å². The molecule has 2 aliphatic rings. The van der Waals surface area contributed by atoms with Gasteiger partial charge in [0.2, 0.25) is 0 Å². The third kappa shape index (κ3) is 4.35. The van der Waals surface area contributed by atoms with Crippen LogP contribution in [0.3, 0.4) is 0 Å². The van der Waals surface area contributed by atoms with Gasteiger partial charge in [0, 0.05) is 22.4 Å². The molecule has 5 rings (SSSR count). The van der Waals surface area contributed by atoms with Gasteiger partial charge in [-0.15, -0.1) is 0 Å². The Labute approximate surface area is 198 Å². The van der Waals surface area contributed by atoms with Crippen molar-refractivity contribution in [1.82, 2.24) is 9.55 Å². The quantitative estimate of drug-likeness (QED) is 0.294. The molecular weight excluding hydrogens is 428 g/mol. The molecule has 1 heterocycles. The van der Waals surface area contributed by atoms with Gasteiger partial charge in [0.25, 0.3) is 0 Å². The van der Waals surface area contributed by atoms with Crippen molar-refractivity contribution in [1.29, 1.82) is 0 Å². The molecule has 0 fully saturated rings. The van der Waals surface area contributed by atoms with Gasteiger partial charge in [0.15, 0.2) is 0 Å². The fourth-order valence-corrected chi connectivity index (χ4v) is 4.11. The van der Waals surface area contributed by atoms with Crippen LogP contribution in [0.1, 0.15) is 19.4 Å². The molecule has 0 spiro atoms. The van der Waals surface area contributed by atoms with Crippen molar-refractivity contribution in [2.45, 2.75) is 26.8 Å². The van der Waals surface area contributed by atoms with Crippen molar-refractivity contribution in [3.63, 3.8) is 0 Å². The first kappa shape index (κ1) is 21.2. The van der Waals surface area contributed by atoms with Crippen molar-refractivity contribution in [2.24, 2.45) is 4.99 Å². The number of para-hydroxylation sites is 2. The van der Waals surface area contributed by atoms with Crippen molar-refractivity contribution < 1.29 is 0 Å². The average Bonchev–Trinajstić information content (AvgIpc) is 2.80. The highest BCUT2D eigenvalue weighted by atomic mass is 35.5. The van der Waals surface area contributed by atoms with E-state index in [1.807, 2.05) is 30.3 Å². The van der Waals surface area contributed by atoms with Crippen LogP contribution in [0.5, 0.6) is 0 Å². The summed E-state index contributed by atoms with van der Waals surface area (Å²) in [6.07, 6.45) is 0. The Morgan fingerprint density at radius 3 is 2.36 bits per heavy atom. The predicted molar refractivity (Wildman–Crippen MR) is 138 cm³/mol. The highest BCUT2D eigenvalue weighted by Gasteiger charge is 2.16. The first-order valence-electron chi connectivity index (χ1n) is 11.1. The van der Waals surface area contributed by atoms with Crippen LogP contribution in [-0.4, -0.2) is 15.6 Å². The predicted octanol–water partition coefficient (Wildman–Crippen LogP) is 7.14. The number of halogens is 1. The molecule has 1 N–H and O–H groups in total. The second kappa shape index (κ2) is 8.72. The Morgan fingerprint density at radius 1 is 0.909 bits per heavy atom. The van der Waals surface area contributed by atoms with E-state index in [0.717, 1.165) is 44.8 Å². The molecule has 1 aliphatic carbocycles. The first-order valence-corrected chi connectivity index (χ1v) is 11.4. The van der Waals surface area contributed by atoms with Gasteiger partial charge in [-0.25, -0.2) is 4.98 Å². The summed E-state index contributed by atoms with van der Waals surface area (Å²) in [5.41, 5.74) is 8.10. The van der Waals surface area contributed by atoms with Gasteiger partial charge in [-0.1, -0.05) is 41.4 Å². The van der Waals surface area contributed by atoms with E-state index in [1.54, 1.807) is 0 Å². The molecule has 0 bridgehead atoms. The van der Waals surface area contributed by atoms with Gasteiger partial charge >= 0.3 is 0 Å². The van der Waals surface area contributed by atoms with Crippen molar-refractivity contribution in [2.75, 3.05) is 5.32 Å². The monoisotopic (exact) mass is 452 g/mol. The van der Waals surface area contributed by atoms with E-state index in [-0.39, 0.29) is 6.04 Å². The maximum Gasteiger partial charge on any atom is 0.0900 e. The average molecular weight is 453 g/mol. The topological polar surface area (TPSA) is 42.2 Å². The molecule has 0 atom stereocenters. The molecular formula is C28H25ClN4. The van der Waals surface area contributed by atoms with E-state index in [1.165, 1.54) is 5.56 Å². The van der Waals surface area contributed by atoms with Gasteiger partial charge in [-0.05, 0) is 81.4 Å². The zero-order valence-corrected chi connectivity index (χ0v) is 19.6. The lowest BCUT2D eigenvalue weighted by molar-refractivity contribution is 0.806. The summed E-state index contributed by atoms with van der Waals surface area (Å²) in [4.78, 5) is 9.92. The fourth-order valence-electron chi connectivity index (χ4n) is 3.99. The SMILES string of the molecule is Cc1ccc(-n2c3cc(=NC(C)C)c(Nc4ccc(Cl)cc4)cc-3nc3ccccc32)cc1. The van der Waals surface area contributed by atoms with E-state index in [0.29, 0.717) is 5.02 Å². The van der Waals surface area contributed by atoms with Crippen LogP contribution >= 0.6 is 11.6 Å². The summed E-state index contributed by atoms with van der Waals surface area (Å²) in [6.45, 7) is 6.28. The van der Waals surface area contributed by atoms with Crippen LogP contribution in [0.15, 0.2) is 89.9 Å². The first-order chi connectivity index (χ1) is 16.0. The number of anilines is 2. The molecule has 1 aliphatic heterocycles. The lowest BCUT2D eigenvalue weighted by Gasteiger charge is -2.20. The number of benzene rings is 4. The van der Waals surface area contributed by atoms with E-state index >= 15 is 0 Å².